The van der Waals surface area contributed by atoms with Crippen LogP contribution in [0.3, 0.4) is 0 Å². The van der Waals surface area contributed by atoms with Crippen molar-refractivity contribution in [1.29, 1.82) is 0 Å². The van der Waals surface area contributed by atoms with E-state index < -0.39 is 0 Å². The van der Waals surface area contributed by atoms with Crippen molar-refractivity contribution >= 4 is 5.91 Å². The molecule has 0 aliphatic carbocycles. The lowest BCUT2D eigenvalue weighted by molar-refractivity contribution is 0.0672. The summed E-state index contributed by atoms with van der Waals surface area (Å²) in [7, 11) is 0. The lowest BCUT2D eigenvalue weighted by atomic mass is 9.99. The van der Waals surface area contributed by atoms with Crippen LogP contribution in [0.15, 0.2) is 67.3 Å². The van der Waals surface area contributed by atoms with E-state index >= 15 is 0 Å². The van der Waals surface area contributed by atoms with Crippen LogP contribution in [0.25, 0.3) is 5.69 Å². The summed E-state index contributed by atoms with van der Waals surface area (Å²) < 4.78 is 7.48. The maximum atomic E-state index is 12.8. The van der Waals surface area contributed by atoms with E-state index in [0.717, 1.165) is 30.7 Å². The van der Waals surface area contributed by atoms with Crippen molar-refractivity contribution in [2.45, 2.75) is 25.0 Å². The Morgan fingerprint density at radius 1 is 1.19 bits per heavy atom. The number of benzene rings is 1. The predicted octanol–water partition coefficient (Wildman–Crippen LogP) is 2.92. The molecule has 1 aliphatic heterocycles. The van der Waals surface area contributed by atoms with Crippen LogP contribution in [0.4, 0.5) is 0 Å². The molecule has 132 valence electrons. The van der Waals surface area contributed by atoms with Gasteiger partial charge in [0.05, 0.1) is 35.8 Å². The van der Waals surface area contributed by atoms with E-state index in [2.05, 4.69) is 15.4 Å². The Morgan fingerprint density at radius 3 is 2.81 bits per heavy atom. The van der Waals surface area contributed by atoms with Gasteiger partial charge in [-0.3, -0.25) is 9.78 Å². The highest BCUT2D eigenvalue weighted by Gasteiger charge is 2.29. The Balaban J connectivity index is 1.54. The zero-order chi connectivity index (χ0) is 17.8. The molecular weight excluding hydrogens is 328 g/mol. The maximum absolute atomic E-state index is 12.8. The second-order valence-electron chi connectivity index (χ2n) is 6.30. The second kappa shape index (κ2) is 7.49. The Morgan fingerprint density at radius 2 is 2.08 bits per heavy atom. The summed E-state index contributed by atoms with van der Waals surface area (Å²) in [5.41, 5.74) is 2.37. The number of nitrogens with zero attached hydrogens (tertiary/aromatic N) is 3. The fraction of sp³-hybridized carbons (Fsp3) is 0.250. The van der Waals surface area contributed by atoms with Crippen molar-refractivity contribution < 1.29 is 9.53 Å². The topological polar surface area (TPSA) is 69.0 Å². The molecule has 3 heterocycles. The Kier molecular flexibility index (Phi) is 4.75. The Bertz CT molecular complexity index is 858. The molecule has 2 aromatic heterocycles. The van der Waals surface area contributed by atoms with Gasteiger partial charge in [0.25, 0.3) is 5.91 Å². The average Bonchev–Trinajstić information content (AvgIpc) is 3.39. The number of ether oxygens (including phenoxy) is 1. The molecule has 1 amide bonds. The number of rotatable bonds is 5. The standard InChI is InChI=1S/C20H20N4O2/c25-20(16-12-22-24(14-16)17-8-4-10-21-13-17)23-19(18-9-5-11-26-18)15-6-2-1-3-7-15/h1-4,6-8,10,12-14,18-19H,5,9,11H2,(H,23,25)/t18-,19+/m0/s1. The van der Waals surface area contributed by atoms with E-state index in [1.807, 2.05) is 42.5 Å². The molecule has 3 aromatic rings. The van der Waals surface area contributed by atoms with Gasteiger partial charge in [0.2, 0.25) is 0 Å². The van der Waals surface area contributed by atoms with Crippen LogP contribution in [0.5, 0.6) is 0 Å². The van der Waals surface area contributed by atoms with Gasteiger partial charge in [-0.15, -0.1) is 0 Å². The fourth-order valence-corrected chi connectivity index (χ4v) is 3.21. The molecule has 1 aromatic carbocycles. The molecule has 2 atom stereocenters. The molecule has 1 aliphatic rings. The van der Waals surface area contributed by atoms with Gasteiger partial charge >= 0.3 is 0 Å². The Hall–Kier alpha value is -2.99. The summed E-state index contributed by atoms with van der Waals surface area (Å²) >= 11 is 0. The molecule has 1 fully saturated rings. The smallest absolute Gasteiger partial charge is 0.255 e. The average molecular weight is 348 g/mol. The van der Waals surface area contributed by atoms with Crippen molar-refractivity contribution in [3.05, 3.63) is 78.4 Å². The van der Waals surface area contributed by atoms with Crippen LogP contribution < -0.4 is 5.32 Å². The summed E-state index contributed by atoms with van der Waals surface area (Å²) in [5.74, 6) is -0.163. The molecule has 0 bridgehead atoms. The zero-order valence-corrected chi connectivity index (χ0v) is 14.3. The first-order valence-electron chi connectivity index (χ1n) is 8.74. The molecule has 0 unspecified atom stereocenters. The number of nitrogens with one attached hydrogen (secondary N) is 1. The van der Waals surface area contributed by atoms with Gasteiger partial charge in [0.1, 0.15) is 0 Å². The van der Waals surface area contributed by atoms with Gasteiger partial charge in [-0.05, 0) is 30.5 Å². The minimum Gasteiger partial charge on any atom is -0.376 e. The maximum Gasteiger partial charge on any atom is 0.255 e. The van der Waals surface area contributed by atoms with E-state index in [-0.39, 0.29) is 18.1 Å². The number of amides is 1. The van der Waals surface area contributed by atoms with Gasteiger partial charge in [-0.25, -0.2) is 4.68 Å². The summed E-state index contributed by atoms with van der Waals surface area (Å²) in [6.07, 6.45) is 8.64. The number of hydrogen-bond donors (Lipinski definition) is 1. The van der Waals surface area contributed by atoms with Crippen LogP contribution in [-0.2, 0) is 4.74 Å². The van der Waals surface area contributed by atoms with Crippen LogP contribution in [-0.4, -0.2) is 33.4 Å². The van der Waals surface area contributed by atoms with E-state index in [9.17, 15) is 4.79 Å². The summed E-state index contributed by atoms with van der Waals surface area (Å²) in [5, 5.41) is 7.39. The molecule has 6 nitrogen and oxygen atoms in total. The first-order valence-corrected chi connectivity index (χ1v) is 8.74. The van der Waals surface area contributed by atoms with Crippen LogP contribution in [0.2, 0.25) is 0 Å². The minimum atomic E-state index is -0.173. The van der Waals surface area contributed by atoms with Crippen LogP contribution in [0, 0.1) is 0 Å². The van der Waals surface area contributed by atoms with Crippen molar-refractivity contribution in [3.8, 4) is 5.69 Å². The first kappa shape index (κ1) is 16.5. The van der Waals surface area contributed by atoms with Crippen molar-refractivity contribution in [3.63, 3.8) is 0 Å². The molecule has 1 N–H and O–H groups in total. The highest BCUT2D eigenvalue weighted by atomic mass is 16.5. The van der Waals surface area contributed by atoms with E-state index in [1.165, 1.54) is 0 Å². The molecule has 0 spiro atoms. The quantitative estimate of drug-likeness (QED) is 0.770. The largest absolute Gasteiger partial charge is 0.376 e. The van der Waals surface area contributed by atoms with Crippen molar-refractivity contribution in [2.24, 2.45) is 0 Å². The third kappa shape index (κ3) is 3.50. The van der Waals surface area contributed by atoms with Gasteiger partial charge < -0.3 is 10.1 Å². The Labute approximate surface area is 151 Å². The third-order valence-electron chi connectivity index (χ3n) is 4.54. The molecule has 26 heavy (non-hydrogen) atoms. The third-order valence-corrected chi connectivity index (χ3v) is 4.54. The molecule has 4 rings (SSSR count). The van der Waals surface area contributed by atoms with Crippen LogP contribution >= 0.6 is 0 Å². The summed E-state index contributed by atoms with van der Waals surface area (Å²) in [6.45, 7) is 0.739. The number of carbonyl (C=O) groups excluding carboxylic acids is 1. The molecular formula is C20H20N4O2. The lowest BCUT2D eigenvalue weighted by Crippen LogP contribution is -2.36. The fourth-order valence-electron chi connectivity index (χ4n) is 3.21. The summed E-state index contributed by atoms with van der Waals surface area (Å²) in [4.78, 5) is 16.9. The van der Waals surface area contributed by atoms with E-state index in [0.29, 0.717) is 5.56 Å². The van der Waals surface area contributed by atoms with Gasteiger partial charge in [0, 0.05) is 19.0 Å². The second-order valence-corrected chi connectivity index (χ2v) is 6.30. The lowest BCUT2D eigenvalue weighted by Gasteiger charge is -2.24. The van der Waals surface area contributed by atoms with Crippen LogP contribution in [0.1, 0.15) is 34.8 Å². The van der Waals surface area contributed by atoms with Gasteiger partial charge in [0.15, 0.2) is 0 Å². The molecule has 0 saturated carbocycles. The zero-order valence-electron chi connectivity index (χ0n) is 14.3. The van der Waals surface area contributed by atoms with Crippen molar-refractivity contribution in [1.82, 2.24) is 20.1 Å². The first-order chi connectivity index (χ1) is 12.8. The van der Waals surface area contributed by atoms with E-state index in [1.54, 1.807) is 29.5 Å². The SMILES string of the molecule is O=C(N[C@H](c1ccccc1)[C@@H]1CCCO1)c1cnn(-c2cccnc2)c1. The van der Waals surface area contributed by atoms with Gasteiger partial charge in [-0.1, -0.05) is 30.3 Å². The molecule has 0 radical (unpaired) electrons. The molecule has 1 saturated heterocycles. The predicted molar refractivity (Wildman–Crippen MR) is 97.0 cm³/mol. The molecule has 6 heteroatoms. The highest BCUT2D eigenvalue weighted by molar-refractivity contribution is 5.94. The number of pyridine rings is 1. The number of hydrogen-bond acceptors (Lipinski definition) is 4. The number of carbonyl (C=O) groups is 1. The van der Waals surface area contributed by atoms with Gasteiger partial charge in [-0.2, -0.15) is 5.10 Å². The number of aromatic nitrogens is 3. The normalized spacial score (nSPS) is 17.8. The highest BCUT2D eigenvalue weighted by Crippen LogP contribution is 2.27. The minimum absolute atomic E-state index is 0.00489. The van der Waals surface area contributed by atoms with E-state index in [4.69, 9.17) is 4.74 Å². The van der Waals surface area contributed by atoms with Crippen molar-refractivity contribution in [2.75, 3.05) is 6.61 Å². The monoisotopic (exact) mass is 348 g/mol. The summed E-state index contributed by atoms with van der Waals surface area (Å²) in [6, 6.07) is 13.5.